The summed E-state index contributed by atoms with van der Waals surface area (Å²) in [4.78, 5) is 13.5. The van der Waals surface area contributed by atoms with Crippen molar-refractivity contribution in [2.24, 2.45) is 0 Å². The number of nitrogens with zero attached hydrogens (tertiary/aromatic N) is 4. The van der Waals surface area contributed by atoms with E-state index in [1.807, 2.05) is 43.3 Å². The van der Waals surface area contributed by atoms with Gasteiger partial charge in [-0.2, -0.15) is 4.98 Å². The molecule has 0 aliphatic heterocycles. The summed E-state index contributed by atoms with van der Waals surface area (Å²) in [7, 11) is 1.63. The molecule has 0 unspecified atom stereocenters. The molecule has 0 fully saturated rings. The van der Waals surface area contributed by atoms with Crippen LogP contribution in [0.2, 0.25) is 5.02 Å². The molecule has 3 aromatic heterocycles. The van der Waals surface area contributed by atoms with Crippen molar-refractivity contribution in [2.75, 3.05) is 19.0 Å². The minimum atomic E-state index is 0.371. The van der Waals surface area contributed by atoms with Gasteiger partial charge in [-0.05, 0) is 31.2 Å². The number of fused-ring (bicyclic) bond motifs is 1. The maximum absolute atomic E-state index is 6.35. The maximum Gasteiger partial charge on any atom is 0.261 e. The SMILES string of the molecule is COCCc1noc(-c2cnc3nc(C)ccc3c2Nc2ccccc2Cl)n1. The van der Waals surface area contributed by atoms with E-state index < -0.39 is 0 Å². The Labute approximate surface area is 166 Å². The van der Waals surface area contributed by atoms with Crippen molar-refractivity contribution < 1.29 is 9.26 Å². The average Bonchev–Trinajstić information content (AvgIpc) is 3.16. The molecule has 1 aromatic carbocycles. The Morgan fingerprint density at radius 2 is 2.00 bits per heavy atom. The molecule has 0 spiro atoms. The lowest BCUT2D eigenvalue weighted by atomic mass is 10.1. The molecule has 0 saturated carbocycles. The molecule has 0 aliphatic carbocycles. The van der Waals surface area contributed by atoms with Crippen LogP contribution in [-0.2, 0) is 11.2 Å². The van der Waals surface area contributed by atoms with Crippen LogP contribution in [-0.4, -0.2) is 33.8 Å². The quantitative estimate of drug-likeness (QED) is 0.511. The van der Waals surface area contributed by atoms with Crippen LogP contribution < -0.4 is 5.32 Å². The van der Waals surface area contributed by atoms with E-state index in [9.17, 15) is 0 Å². The first-order valence-electron chi connectivity index (χ1n) is 8.75. The number of rotatable bonds is 6. The Balaban J connectivity index is 1.84. The second-order valence-electron chi connectivity index (χ2n) is 6.23. The molecule has 28 heavy (non-hydrogen) atoms. The molecule has 3 heterocycles. The van der Waals surface area contributed by atoms with E-state index in [0.29, 0.717) is 41.0 Å². The lowest BCUT2D eigenvalue weighted by Crippen LogP contribution is -1.99. The zero-order valence-electron chi connectivity index (χ0n) is 15.4. The zero-order chi connectivity index (χ0) is 19.5. The van der Waals surface area contributed by atoms with Crippen LogP contribution in [0.4, 0.5) is 11.4 Å². The van der Waals surface area contributed by atoms with Gasteiger partial charge in [-0.25, -0.2) is 9.97 Å². The highest BCUT2D eigenvalue weighted by Gasteiger charge is 2.18. The molecule has 7 nitrogen and oxygen atoms in total. The number of benzene rings is 1. The van der Waals surface area contributed by atoms with E-state index in [1.165, 1.54) is 0 Å². The molecule has 0 radical (unpaired) electrons. The van der Waals surface area contributed by atoms with E-state index in [2.05, 4.69) is 25.4 Å². The number of aromatic nitrogens is 4. The number of methoxy groups -OCH3 is 1. The van der Waals surface area contributed by atoms with Gasteiger partial charge in [0, 0.05) is 30.8 Å². The van der Waals surface area contributed by atoms with Crippen molar-refractivity contribution in [1.82, 2.24) is 20.1 Å². The summed E-state index contributed by atoms with van der Waals surface area (Å²) in [6.45, 7) is 2.44. The fourth-order valence-corrected chi connectivity index (χ4v) is 3.01. The smallest absolute Gasteiger partial charge is 0.261 e. The predicted octanol–water partition coefficient (Wildman–Crippen LogP) is 4.57. The molecule has 0 atom stereocenters. The number of halogens is 1. The van der Waals surface area contributed by atoms with Crippen molar-refractivity contribution in [2.45, 2.75) is 13.3 Å². The van der Waals surface area contributed by atoms with Gasteiger partial charge in [0.2, 0.25) is 0 Å². The van der Waals surface area contributed by atoms with Crippen molar-refractivity contribution in [1.29, 1.82) is 0 Å². The Bertz CT molecular complexity index is 1130. The van der Waals surface area contributed by atoms with E-state index >= 15 is 0 Å². The van der Waals surface area contributed by atoms with Gasteiger partial charge in [-0.1, -0.05) is 28.9 Å². The van der Waals surface area contributed by atoms with Crippen molar-refractivity contribution in [3.05, 3.63) is 59.1 Å². The molecule has 4 aromatic rings. The first-order valence-corrected chi connectivity index (χ1v) is 9.13. The second-order valence-corrected chi connectivity index (χ2v) is 6.64. The molecule has 0 bridgehead atoms. The van der Waals surface area contributed by atoms with Gasteiger partial charge in [0.05, 0.1) is 28.6 Å². The molecular weight excluding hydrogens is 378 g/mol. The van der Waals surface area contributed by atoms with Crippen LogP contribution >= 0.6 is 11.6 Å². The third-order valence-corrected chi connectivity index (χ3v) is 4.56. The maximum atomic E-state index is 6.35. The first kappa shape index (κ1) is 18.3. The van der Waals surface area contributed by atoms with Crippen LogP contribution in [0.25, 0.3) is 22.5 Å². The van der Waals surface area contributed by atoms with Crippen LogP contribution in [0.5, 0.6) is 0 Å². The Morgan fingerprint density at radius 3 is 2.82 bits per heavy atom. The Morgan fingerprint density at radius 1 is 1.14 bits per heavy atom. The molecule has 4 rings (SSSR count). The molecule has 0 amide bonds. The van der Waals surface area contributed by atoms with Crippen LogP contribution in [0.15, 0.2) is 47.1 Å². The summed E-state index contributed by atoms with van der Waals surface area (Å²) in [5.41, 5.74) is 3.70. The van der Waals surface area contributed by atoms with Gasteiger partial charge in [-0.3, -0.25) is 0 Å². The monoisotopic (exact) mass is 395 g/mol. The van der Waals surface area contributed by atoms with Crippen molar-refractivity contribution in [3.8, 4) is 11.5 Å². The summed E-state index contributed by atoms with van der Waals surface area (Å²) in [6.07, 6.45) is 2.25. The number of aryl methyl sites for hydroxylation is 1. The van der Waals surface area contributed by atoms with E-state index in [-0.39, 0.29) is 0 Å². The highest BCUT2D eigenvalue weighted by atomic mass is 35.5. The number of pyridine rings is 2. The molecule has 8 heteroatoms. The topological polar surface area (TPSA) is 86.0 Å². The highest BCUT2D eigenvalue weighted by Crippen LogP contribution is 2.36. The summed E-state index contributed by atoms with van der Waals surface area (Å²) in [5, 5.41) is 8.85. The third kappa shape index (κ3) is 3.67. The number of para-hydroxylation sites is 1. The van der Waals surface area contributed by atoms with Gasteiger partial charge < -0.3 is 14.6 Å². The van der Waals surface area contributed by atoms with Gasteiger partial charge in [0.25, 0.3) is 5.89 Å². The predicted molar refractivity (Wildman–Crippen MR) is 108 cm³/mol. The molecule has 0 aliphatic rings. The number of hydrogen-bond donors (Lipinski definition) is 1. The number of nitrogens with one attached hydrogen (secondary N) is 1. The lowest BCUT2D eigenvalue weighted by molar-refractivity contribution is 0.199. The molecule has 142 valence electrons. The normalized spacial score (nSPS) is 11.1. The Kier molecular flexibility index (Phi) is 5.18. The lowest BCUT2D eigenvalue weighted by Gasteiger charge is -2.13. The average molecular weight is 396 g/mol. The minimum Gasteiger partial charge on any atom is -0.384 e. The number of ether oxygens (including phenoxy) is 1. The van der Waals surface area contributed by atoms with Crippen molar-refractivity contribution >= 4 is 34.0 Å². The van der Waals surface area contributed by atoms with Gasteiger partial charge in [0.1, 0.15) is 0 Å². The standard InChI is InChI=1S/C20H18ClN5O2/c1-12-7-8-13-18(24-16-6-4-3-5-15(16)21)14(11-22-19(13)23-12)20-25-17(26-28-20)9-10-27-2/h3-8,11H,9-10H2,1-2H3,(H,22,23,24). The number of hydrogen-bond acceptors (Lipinski definition) is 7. The third-order valence-electron chi connectivity index (χ3n) is 4.23. The van der Waals surface area contributed by atoms with Gasteiger partial charge in [-0.15, -0.1) is 0 Å². The van der Waals surface area contributed by atoms with Gasteiger partial charge in [0.15, 0.2) is 11.5 Å². The summed E-state index contributed by atoms with van der Waals surface area (Å²) in [5.74, 6) is 0.943. The van der Waals surface area contributed by atoms with Gasteiger partial charge >= 0.3 is 0 Å². The second kappa shape index (κ2) is 7.92. The van der Waals surface area contributed by atoms with Crippen LogP contribution in [0, 0.1) is 6.92 Å². The summed E-state index contributed by atoms with van der Waals surface area (Å²) >= 11 is 6.35. The Hall–Kier alpha value is -3.03. The number of anilines is 2. The first-order chi connectivity index (χ1) is 13.7. The van der Waals surface area contributed by atoms with E-state index in [0.717, 1.165) is 22.5 Å². The summed E-state index contributed by atoms with van der Waals surface area (Å²) in [6, 6.07) is 11.4. The zero-order valence-corrected chi connectivity index (χ0v) is 16.2. The fourth-order valence-electron chi connectivity index (χ4n) is 2.82. The summed E-state index contributed by atoms with van der Waals surface area (Å²) < 4.78 is 10.6. The van der Waals surface area contributed by atoms with Crippen LogP contribution in [0.3, 0.4) is 0 Å². The fraction of sp³-hybridized carbons (Fsp3) is 0.200. The molecule has 0 saturated heterocycles. The minimum absolute atomic E-state index is 0.371. The van der Waals surface area contributed by atoms with E-state index in [1.54, 1.807) is 13.3 Å². The van der Waals surface area contributed by atoms with Crippen molar-refractivity contribution in [3.63, 3.8) is 0 Å². The largest absolute Gasteiger partial charge is 0.384 e. The highest BCUT2D eigenvalue weighted by molar-refractivity contribution is 6.33. The van der Waals surface area contributed by atoms with E-state index in [4.69, 9.17) is 20.9 Å². The molecular formula is C20H18ClN5O2. The molecule has 1 N–H and O–H groups in total. The van der Waals surface area contributed by atoms with Crippen LogP contribution in [0.1, 0.15) is 11.5 Å².